The zero-order valence-corrected chi connectivity index (χ0v) is 22.0. The third kappa shape index (κ3) is 6.93. The van der Waals surface area contributed by atoms with Crippen molar-refractivity contribution in [2.45, 2.75) is 70.6 Å². The van der Waals surface area contributed by atoms with Crippen LogP contribution in [0.5, 0.6) is 5.75 Å². The molecule has 202 valence electrons. The molecule has 5 rings (SSSR count). The van der Waals surface area contributed by atoms with Crippen LogP contribution in [0.4, 0.5) is 4.79 Å². The highest BCUT2D eigenvalue weighted by Gasteiger charge is 2.45. The summed E-state index contributed by atoms with van der Waals surface area (Å²) in [6.07, 6.45) is 3.94. The molecular formula is C28H34N4O6. The Morgan fingerprint density at radius 2 is 1.71 bits per heavy atom. The number of alkyl carbamates (subject to hydrolysis) is 1. The molecule has 0 saturated heterocycles. The van der Waals surface area contributed by atoms with E-state index in [0.29, 0.717) is 17.6 Å². The fourth-order valence-electron chi connectivity index (χ4n) is 4.33. The number of carbonyl (C=O) groups excluding carboxylic acids is 2. The van der Waals surface area contributed by atoms with Crippen LogP contribution >= 0.6 is 0 Å². The minimum atomic E-state index is -0.861. The molecule has 3 aromatic rings. The summed E-state index contributed by atoms with van der Waals surface area (Å²) in [4.78, 5) is 32.6. The smallest absolute Gasteiger partial charge is 0.408 e. The highest BCUT2D eigenvalue weighted by molar-refractivity contribution is 5.82. The number of hydrogen-bond acceptors (Lipinski definition) is 8. The lowest BCUT2D eigenvalue weighted by atomic mass is 10.1. The van der Waals surface area contributed by atoms with Gasteiger partial charge in [-0.3, -0.25) is 0 Å². The molecular weight excluding hydrogens is 488 g/mol. The van der Waals surface area contributed by atoms with Crippen molar-refractivity contribution in [1.82, 2.24) is 20.5 Å². The standard InChI is InChI=1S/C28H34N4O6/c1-28(2,3)38-27(34)29-23(26(33)37-25(19-10-11-19)20-12-13-20)16-18-8-14-21(15-9-18)35-17-36-32-24-7-5-4-6-22(24)30-31-32/h4-9,14-15,19-20,23,25H,10-13,16-17H2,1-3H3,(H,29,34)/t23-/m1/s1. The second-order valence-electron chi connectivity index (χ2n) is 11.0. The highest BCUT2D eigenvalue weighted by atomic mass is 16.8. The lowest BCUT2D eigenvalue weighted by molar-refractivity contribution is -0.154. The summed E-state index contributed by atoms with van der Waals surface area (Å²) in [6.45, 7) is 5.28. The zero-order valence-electron chi connectivity index (χ0n) is 22.0. The summed E-state index contributed by atoms with van der Waals surface area (Å²) in [5.74, 6) is 1.05. The summed E-state index contributed by atoms with van der Waals surface area (Å²) in [7, 11) is 0. The number of ether oxygens (including phenoxy) is 3. The average molecular weight is 523 g/mol. The van der Waals surface area contributed by atoms with Crippen LogP contribution in [0.25, 0.3) is 11.0 Å². The van der Waals surface area contributed by atoms with Crippen LogP contribution in [-0.4, -0.2) is 51.8 Å². The molecule has 1 aromatic heterocycles. The molecule has 10 heteroatoms. The molecule has 0 unspecified atom stereocenters. The molecule has 2 aliphatic rings. The number of esters is 1. The first-order valence-corrected chi connectivity index (χ1v) is 13.1. The Hall–Kier alpha value is -3.82. The molecule has 2 aromatic carbocycles. The number of carbonyl (C=O) groups is 2. The molecule has 2 saturated carbocycles. The van der Waals surface area contributed by atoms with Crippen LogP contribution in [0, 0.1) is 11.8 Å². The first kappa shape index (κ1) is 25.8. The highest BCUT2D eigenvalue weighted by Crippen LogP contribution is 2.46. The number of amides is 1. The van der Waals surface area contributed by atoms with E-state index in [4.69, 9.17) is 19.0 Å². The molecule has 38 heavy (non-hydrogen) atoms. The summed E-state index contributed by atoms with van der Waals surface area (Å²) >= 11 is 0. The summed E-state index contributed by atoms with van der Waals surface area (Å²) in [6, 6.07) is 13.9. The molecule has 0 aliphatic heterocycles. The Morgan fingerprint density at radius 1 is 1.03 bits per heavy atom. The van der Waals surface area contributed by atoms with Gasteiger partial charge in [-0.05, 0) is 93.3 Å². The average Bonchev–Trinajstić information content (AvgIpc) is 3.80. The Bertz CT molecular complexity index is 1250. The lowest BCUT2D eigenvalue weighted by Gasteiger charge is -2.25. The van der Waals surface area contributed by atoms with Crippen LogP contribution in [0.15, 0.2) is 48.5 Å². The van der Waals surface area contributed by atoms with Gasteiger partial charge in [0.2, 0.25) is 0 Å². The normalized spacial score (nSPS) is 16.2. The van der Waals surface area contributed by atoms with Gasteiger partial charge in [-0.25, -0.2) is 9.59 Å². The van der Waals surface area contributed by atoms with E-state index < -0.39 is 23.7 Å². The van der Waals surface area contributed by atoms with Crippen molar-refractivity contribution >= 4 is 23.1 Å². The van der Waals surface area contributed by atoms with E-state index in [9.17, 15) is 9.59 Å². The van der Waals surface area contributed by atoms with Gasteiger partial charge in [0.25, 0.3) is 6.79 Å². The molecule has 1 amide bonds. The Morgan fingerprint density at radius 3 is 2.37 bits per heavy atom. The number of nitrogens with one attached hydrogen (secondary N) is 1. The van der Waals surface area contributed by atoms with E-state index in [1.54, 1.807) is 32.9 Å². The fraction of sp³-hybridized carbons (Fsp3) is 0.500. The lowest BCUT2D eigenvalue weighted by Crippen LogP contribution is -2.46. The topological polar surface area (TPSA) is 114 Å². The Labute approximate surface area is 221 Å². The van der Waals surface area contributed by atoms with E-state index in [-0.39, 0.29) is 19.3 Å². The third-order valence-corrected chi connectivity index (χ3v) is 6.49. The largest absolute Gasteiger partial charge is 0.460 e. The number of hydrogen-bond donors (Lipinski definition) is 1. The molecule has 0 spiro atoms. The van der Waals surface area contributed by atoms with E-state index in [1.165, 1.54) is 4.85 Å². The fourth-order valence-corrected chi connectivity index (χ4v) is 4.33. The molecule has 1 N–H and O–H groups in total. The van der Waals surface area contributed by atoms with Gasteiger partial charge in [-0.15, -0.1) is 5.10 Å². The summed E-state index contributed by atoms with van der Waals surface area (Å²) < 4.78 is 17.0. The summed E-state index contributed by atoms with van der Waals surface area (Å²) in [5.41, 5.74) is 1.63. The SMILES string of the molecule is CC(C)(C)OC(=O)N[C@H](Cc1ccc(OCOn2nnc3ccccc32)cc1)C(=O)OC(C1CC1)C1CC1. The maximum absolute atomic E-state index is 13.2. The number of nitrogens with zero attached hydrogens (tertiary/aromatic N) is 3. The van der Waals surface area contributed by atoms with Crippen molar-refractivity contribution in [3.63, 3.8) is 0 Å². The first-order chi connectivity index (χ1) is 18.2. The predicted molar refractivity (Wildman–Crippen MR) is 138 cm³/mol. The van der Waals surface area contributed by atoms with Crippen LogP contribution in [-0.2, 0) is 20.7 Å². The maximum Gasteiger partial charge on any atom is 0.408 e. The van der Waals surface area contributed by atoms with Gasteiger partial charge in [0, 0.05) is 6.42 Å². The van der Waals surface area contributed by atoms with Crippen LogP contribution in [0.1, 0.15) is 52.0 Å². The van der Waals surface area contributed by atoms with E-state index >= 15 is 0 Å². The molecule has 2 aliphatic carbocycles. The molecule has 1 heterocycles. The molecule has 2 fully saturated rings. The molecule has 0 radical (unpaired) electrons. The van der Waals surface area contributed by atoms with Crippen molar-refractivity contribution in [2.75, 3.05) is 6.79 Å². The van der Waals surface area contributed by atoms with Crippen LogP contribution < -0.4 is 14.9 Å². The first-order valence-electron chi connectivity index (χ1n) is 13.1. The van der Waals surface area contributed by atoms with E-state index in [2.05, 4.69) is 15.6 Å². The number of para-hydroxylation sites is 1. The van der Waals surface area contributed by atoms with Gasteiger partial charge in [0.05, 0.1) is 0 Å². The van der Waals surface area contributed by atoms with Gasteiger partial charge in [0.1, 0.15) is 34.5 Å². The number of fused-ring (bicyclic) bond motifs is 1. The van der Waals surface area contributed by atoms with Gasteiger partial charge < -0.3 is 24.4 Å². The number of rotatable bonds is 11. The minimum absolute atomic E-state index is 0.0525. The summed E-state index contributed by atoms with van der Waals surface area (Å²) in [5, 5.41) is 10.7. The third-order valence-electron chi connectivity index (χ3n) is 6.49. The van der Waals surface area contributed by atoms with Crippen LogP contribution in [0.2, 0.25) is 0 Å². The molecule has 0 bridgehead atoms. The van der Waals surface area contributed by atoms with E-state index in [0.717, 1.165) is 42.3 Å². The van der Waals surface area contributed by atoms with Gasteiger partial charge in [-0.1, -0.05) is 29.1 Å². The second-order valence-corrected chi connectivity index (χ2v) is 11.0. The maximum atomic E-state index is 13.2. The van der Waals surface area contributed by atoms with Gasteiger partial charge in [0.15, 0.2) is 0 Å². The van der Waals surface area contributed by atoms with Crippen LogP contribution in [0.3, 0.4) is 0 Å². The van der Waals surface area contributed by atoms with Crippen molar-refractivity contribution in [2.24, 2.45) is 11.8 Å². The van der Waals surface area contributed by atoms with Gasteiger partial charge in [-0.2, -0.15) is 0 Å². The predicted octanol–water partition coefficient (Wildman–Crippen LogP) is 4.06. The van der Waals surface area contributed by atoms with E-state index in [1.807, 2.05) is 36.4 Å². The number of benzene rings is 2. The molecule has 1 atom stereocenters. The zero-order chi connectivity index (χ0) is 26.7. The van der Waals surface area contributed by atoms with Crippen molar-refractivity contribution in [3.05, 3.63) is 54.1 Å². The minimum Gasteiger partial charge on any atom is -0.460 e. The Balaban J connectivity index is 1.19. The van der Waals surface area contributed by atoms with Crippen molar-refractivity contribution in [3.8, 4) is 5.75 Å². The molecule has 10 nitrogen and oxygen atoms in total. The van der Waals surface area contributed by atoms with Crippen molar-refractivity contribution in [1.29, 1.82) is 0 Å². The Kier molecular flexibility index (Phi) is 7.40. The quantitative estimate of drug-likeness (QED) is 0.296. The monoisotopic (exact) mass is 522 g/mol. The second kappa shape index (κ2) is 10.9. The van der Waals surface area contributed by atoms with Crippen molar-refractivity contribution < 1.29 is 28.6 Å². The number of aromatic nitrogens is 3. The van der Waals surface area contributed by atoms with Gasteiger partial charge >= 0.3 is 12.1 Å².